The molecule has 10 heteroatoms. The van der Waals surface area contributed by atoms with Crippen molar-refractivity contribution in [2.45, 2.75) is 18.5 Å². The van der Waals surface area contributed by atoms with E-state index in [1.807, 2.05) is 0 Å². The molecule has 0 aliphatic carbocycles. The van der Waals surface area contributed by atoms with Crippen molar-refractivity contribution in [3.05, 3.63) is 0 Å². The Balaban J connectivity index is 2.33. The van der Waals surface area contributed by atoms with Gasteiger partial charge in [0.05, 0.1) is 52.4 Å². The number of alkyl halides is 4. The summed E-state index contributed by atoms with van der Waals surface area (Å²) in [6, 6.07) is 0. The molecule has 1 rings (SSSR count). The molecule has 1 aliphatic heterocycles. The Bertz CT molecular complexity index is 333. The van der Waals surface area contributed by atoms with Gasteiger partial charge in [0.25, 0.3) is 0 Å². The van der Waals surface area contributed by atoms with E-state index in [1.165, 1.54) is 0 Å². The molecular formula is C15H27F4NO5. The van der Waals surface area contributed by atoms with Crippen molar-refractivity contribution in [1.82, 2.24) is 4.90 Å². The van der Waals surface area contributed by atoms with E-state index in [0.29, 0.717) is 52.7 Å². The van der Waals surface area contributed by atoms with Gasteiger partial charge < -0.3 is 23.7 Å². The molecule has 1 heterocycles. The quantitative estimate of drug-likeness (QED) is 0.336. The summed E-state index contributed by atoms with van der Waals surface area (Å²) in [6.07, 6.45) is -4.27. The molecule has 1 atom stereocenters. The van der Waals surface area contributed by atoms with Gasteiger partial charge in [0.15, 0.2) is 0 Å². The molecule has 1 aliphatic rings. The molecule has 0 bridgehead atoms. The lowest BCUT2D eigenvalue weighted by molar-refractivity contribution is -0.174. The Labute approximate surface area is 145 Å². The Morgan fingerprint density at radius 3 is 2.36 bits per heavy atom. The van der Waals surface area contributed by atoms with Gasteiger partial charge in [-0.25, -0.2) is 8.78 Å². The minimum atomic E-state index is -4.16. The zero-order chi connectivity index (χ0) is 18.5. The number of halogens is 4. The number of hydrogen-bond donors (Lipinski definition) is 0. The third-order valence-electron chi connectivity index (χ3n) is 3.50. The fourth-order valence-electron chi connectivity index (χ4n) is 2.13. The zero-order valence-corrected chi connectivity index (χ0v) is 14.4. The Kier molecular flexibility index (Phi) is 11.5. The van der Waals surface area contributed by atoms with Crippen LogP contribution in [-0.2, 0) is 23.7 Å². The molecule has 6 nitrogen and oxygen atoms in total. The van der Waals surface area contributed by atoms with Crippen molar-refractivity contribution in [1.29, 1.82) is 0 Å². The Morgan fingerprint density at radius 1 is 1.04 bits per heavy atom. The molecule has 0 N–H and O–H groups in total. The van der Waals surface area contributed by atoms with Crippen LogP contribution < -0.4 is 0 Å². The van der Waals surface area contributed by atoms with Gasteiger partial charge in [0, 0.05) is 26.7 Å². The van der Waals surface area contributed by atoms with Crippen LogP contribution in [0.1, 0.15) is 0 Å². The maximum atomic E-state index is 12.9. The van der Waals surface area contributed by atoms with E-state index in [1.54, 1.807) is 7.11 Å². The molecule has 1 unspecified atom stereocenters. The molecule has 0 radical (unpaired) electrons. The zero-order valence-electron chi connectivity index (χ0n) is 14.4. The highest BCUT2D eigenvalue weighted by atomic mass is 19.3. The maximum Gasteiger partial charge on any atom is 0.330 e. The Morgan fingerprint density at radius 2 is 1.72 bits per heavy atom. The van der Waals surface area contributed by atoms with Gasteiger partial charge in [-0.2, -0.15) is 8.78 Å². The normalized spacial score (nSPS) is 18.0. The summed E-state index contributed by atoms with van der Waals surface area (Å²) in [5, 5.41) is 0. The molecule has 0 aromatic carbocycles. The summed E-state index contributed by atoms with van der Waals surface area (Å²) < 4.78 is 75.8. The van der Waals surface area contributed by atoms with Gasteiger partial charge in [-0.1, -0.05) is 0 Å². The summed E-state index contributed by atoms with van der Waals surface area (Å²) in [5.41, 5.74) is 0. The maximum absolute atomic E-state index is 12.9. The molecule has 25 heavy (non-hydrogen) atoms. The highest BCUT2D eigenvalue weighted by molar-refractivity contribution is 4.71. The summed E-state index contributed by atoms with van der Waals surface area (Å²) >= 11 is 0. The van der Waals surface area contributed by atoms with E-state index >= 15 is 0 Å². The Hall–Kier alpha value is -0.520. The number of morpholine rings is 1. The van der Waals surface area contributed by atoms with Crippen molar-refractivity contribution in [2.24, 2.45) is 0 Å². The molecule has 0 amide bonds. The van der Waals surface area contributed by atoms with E-state index in [0.717, 1.165) is 0 Å². The lowest BCUT2D eigenvalue weighted by Gasteiger charge is -2.30. The average Bonchev–Trinajstić information content (AvgIpc) is 2.58. The largest absolute Gasteiger partial charge is 0.382 e. The van der Waals surface area contributed by atoms with Crippen molar-refractivity contribution < 1.29 is 41.2 Å². The third-order valence-corrected chi connectivity index (χ3v) is 3.50. The van der Waals surface area contributed by atoms with E-state index in [4.69, 9.17) is 23.7 Å². The van der Waals surface area contributed by atoms with Gasteiger partial charge >= 0.3 is 12.3 Å². The summed E-state index contributed by atoms with van der Waals surface area (Å²) in [5.74, 6) is -4.16. The fourth-order valence-corrected chi connectivity index (χ4v) is 2.13. The topological polar surface area (TPSA) is 49.4 Å². The van der Waals surface area contributed by atoms with Crippen LogP contribution in [0, 0.1) is 0 Å². The SMILES string of the molecule is COCCOCCOC(COCC(F)(F)C(F)F)CN1CCOCC1. The molecule has 0 spiro atoms. The van der Waals surface area contributed by atoms with Crippen LogP contribution in [0.25, 0.3) is 0 Å². The lowest BCUT2D eigenvalue weighted by atomic mass is 10.3. The first-order chi connectivity index (χ1) is 12.0. The smallest absolute Gasteiger partial charge is 0.330 e. The van der Waals surface area contributed by atoms with Crippen LogP contribution in [0.3, 0.4) is 0 Å². The molecule has 0 saturated carbocycles. The van der Waals surface area contributed by atoms with Crippen molar-refractivity contribution in [3.63, 3.8) is 0 Å². The van der Waals surface area contributed by atoms with E-state index in [9.17, 15) is 17.6 Å². The second kappa shape index (κ2) is 12.8. The van der Waals surface area contributed by atoms with Gasteiger partial charge in [-0.3, -0.25) is 4.90 Å². The second-order valence-corrected chi connectivity index (χ2v) is 5.59. The highest BCUT2D eigenvalue weighted by Crippen LogP contribution is 2.23. The van der Waals surface area contributed by atoms with Crippen LogP contribution in [0.15, 0.2) is 0 Å². The highest BCUT2D eigenvalue weighted by Gasteiger charge is 2.41. The number of hydrogen-bond acceptors (Lipinski definition) is 6. The number of methoxy groups -OCH3 is 1. The predicted octanol–water partition coefficient (Wildman–Crippen LogP) is 1.28. The van der Waals surface area contributed by atoms with Crippen LogP contribution in [0.2, 0.25) is 0 Å². The number of nitrogens with zero attached hydrogens (tertiary/aromatic N) is 1. The van der Waals surface area contributed by atoms with Crippen LogP contribution in [0.5, 0.6) is 0 Å². The minimum Gasteiger partial charge on any atom is -0.382 e. The summed E-state index contributed by atoms with van der Waals surface area (Å²) in [4.78, 5) is 2.05. The van der Waals surface area contributed by atoms with Crippen molar-refractivity contribution in [2.75, 3.05) is 79.6 Å². The van der Waals surface area contributed by atoms with Crippen LogP contribution in [-0.4, -0.2) is 103 Å². The molecule has 0 aromatic rings. The first-order valence-corrected chi connectivity index (χ1v) is 8.18. The lowest BCUT2D eigenvalue weighted by Crippen LogP contribution is -2.44. The summed E-state index contributed by atoms with van der Waals surface area (Å²) in [6.45, 7) is 2.90. The van der Waals surface area contributed by atoms with E-state index < -0.39 is 25.1 Å². The first kappa shape index (κ1) is 22.5. The standard InChI is InChI=1S/C15H27F4NO5/c1-21-6-7-23-8-9-25-13(10-20-2-4-22-5-3-20)11-24-12-15(18,19)14(16)17/h13-14H,2-12H2,1H3. The first-order valence-electron chi connectivity index (χ1n) is 8.18. The molecular weight excluding hydrogens is 350 g/mol. The number of rotatable bonds is 14. The van der Waals surface area contributed by atoms with Crippen molar-refractivity contribution in [3.8, 4) is 0 Å². The number of ether oxygens (including phenoxy) is 5. The van der Waals surface area contributed by atoms with Gasteiger partial charge in [-0.15, -0.1) is 0 Å². The van der Waals surface area contributed by atoms with Crippen molar-refractivity contribution >= 4 is 0 Å². The van der Waals surface area contributed by atoms with E-state index in [-0.39, 0.29) is 13.2 Å². The van der Waals surface area contributed by atoms with E-state index in [2.05, 4.69) is 4.90 Å². The van der Waals surface area contributed by atoms with Gasteiger partial charge in [0.1, 0.15) is 6.61 Å². The van der Waals surface area contributed by atoms with Gasteiger partial charge in [-0.05, 0) is 0 Å². The molecule has 150 valence electrons. The monoisotopic (exact) mass is 377 g/mol. The second-order valence-electron chi connectivity index (χ2n) is 5.59. The molecule has 1 saturated heterocycles. The minimum absolute atomic E-state index is 0.197. The fraction of sp³-hybridized carbons (Fsp3) is 1.00. The summed E-state index contributed by atoms with van der Waals surface area (Å²) in [7, 11) is 1.56. The molecule has 1 fully saturated rings. The molecule has 0 aromatic heterocycles. The average molecular weight is 377 g/mol. The van der Waals surface area contributed by atoms with Gasteiger partial charge in [0.2, 0.25) is 0 Å². The van der Waals surface area contributed by atoms with Crippen LogP contribution in [0.4, 0.5) is 17.6 Å². The van der Waals surface area contributed by atoms with Crippen LogP contribution >= 0.6 is 0 Å². The third kappa shape index (κ3) is 10.3. The predicted molar refractivity (Wildman–Crippen MR) is 81.5 cm³/mol.